The van der Waals surface area contributed by atoms with Crippen LogP contribution in [0.3, 0.4) is 0 Å². The van der Waals surface area contributed by atoms with Crippen LogP contribution in [-0.4, -0.2) is 12.9 Å². The molecule has 2 aromatic carbocycles. The van der Waals surface area contributed by atoms with Crippen LogP contribution in [0.4, 0.5) is 5.69 Å². The van der Waals surface area contributed by atoms with Gasteiger partial charge in [0.2, 0.25) is 0 Å². The van der Waals surface area contributed by atoms with Gasteiger partial charge in [-0.1, -0.05) is 23.7 Å². The molecule has 0 atom stereocenters. The van der Waals surface area contributed by atoms with Crippen LogP contribution in [0.1, 0.15) is 21.5 Å². The molecule has 4 heteroatoms. The molecule has 2 N–H and O–H groups in total. The number of nitrogen functional groups attached to an aromatic ring is 1. The molecule has 2 aromatic rings. The summed E-state index contributed by atoms with van der Waals surface area (Å²) in [5.74, 6) is 0.288. The molecule has 0 amide bonds. The molecule has 98 valence electrons. The molecule has 0 heterocycles. The topological polar surface area (TPSA) is 52.3 Å². The first-order valence-electron chi connectivity index (χ1n) is 5.78. The number of hydrogen-bond acceptors (Lipinski definition) is 3. The first kappa shape index (κ1) is 13.4. The zero-order valence-corrected chi connectivity index (χ0v) is 11.5. The number of hydrogen-bond donors (Lipinski definition) is 1. The predicted molar refractivity (Wildman–Crippen MR) is 77.0 cm³/mol. The number of carbonyl (C=O) groups excluding carboxylic acids is 1. The summed E-state index contributed by atoms with van der Waals surface area (Å²) in [6.07, 6.45) is 0. The van der Waals surface area contributed by atoms with E-state index in [1.54, 1.807) is 30.3 Å². The normalized spacial score (nSPS) is 10.3. The number of halogens is 1. The monoisotopic (exact) mass is 275 g/mol. The number of aryl methyl sites for hydroxylation is 1. The summed E-state index contributed by atoms with van der Waals surface area (Å²) in [6, 6.07) is 10.3. The SMILES string of the molecule is COc1ccc(Cl)cc1C(=O)c1cccc(C)c1N. The molecule has 19 heavy (non-hydrogen) atoms. The van der Waals surface area contributed by atoms with Gasteiger partial charge in [-0.15, -0.1) is 0 Å². The molecule has 2 rings (SSSR count). The van der Waals surface area contributed by atoms with Crippen molar-refractivity contribution in [3.8, 4) is 5.75 Å². The van der Waals surface area contributed by atoms with E-state index in [9.17, 15) is 4.79 Å². The Balaban J connectivity index is 2.56. The average Bonchev–Trinajstić information content (AvgIpc) is 2.41. The van der Waals surface area contributed by atoms with E-state index in [4.69, 9.17) is 22.1 Å². The maximum Gasteiger partial charge on any atom is 0.198 e. The second-order valence-electron chi connectivity index (χ2n) is 4.21. The molecule has 0 spiro atoms. The van der Waals surface area contributed by atoms with Crippen molar-refractivity contribution in [2.75, 3.05) is 12.8 Å². The van der Waals surface area contributed by atoms with Crippen LogP contribution in [0, 0.1) is 6.92 Å². The minimum absolute atomic E-state index is 0.194. The summed E-state index contributed by atoms with van der Waals surface area (Å²) in [5.41, 5.74) is 8.17. The van der Waals surface area contributed by atoms with Crippen LogP contribution >= 0.6 is 11.6 Å². The van der Waals surface area contributed by atoms with Crippen molar-refractivity contribution in [1.82, 2.24) is 0 Å². The Morgan fingerprint density at radius 1 is 1.21 bits per heavy atom. The van der Waals surface area contributed by atoms with Crippen molar-refractivity contribution < 1.29 is 9.53 Å². The number of carbonyl (C=O) groups is 1. The van der Waals surface area contributed by atoms with Crippen LogP contribution in [0.25, 0.3) is 0 Å². The first-order chi connectivity index (χ1) is 9.04. The van der Waals surface area contributed by atoms with Gasteiger partial charge in [-0.3, -0.25) is 4.79 Å². The maximum absolute atomic E-state index is 12.5. The van der Waals surface area contributed by atoms with Gasteiger partial charge < -0.3 is 10.5 Å². The van der Waals surface area contributed by atoms with E-state index in [1.165, 1.54) is 7.11 Å². The van der Waals surface area contributed by atoms with Gasteiger partial charge in [-0.2, -0.15) is 0 Å². The van der Waals surface area contributed by atoms with Gasteiger partial charge in [-0.05, 0) is 36.8 Å². The fraction of sp³-hybridized carbons (Fsp3) is 0.133. The number of methoxy groups -OCH3 is 1. The molecule has 0 aliphatic carbocycles. The third kappa shape index (κ3) is 2.56. The van der Waals surface area contributed by atoms with Crippen LogP contribution in [0.15, 0.2) is 36.4 Å². The van der Waals surface area contributed by atoms with Gasteiger partial charge in [0.25, 0.3) is 0 Å². The maximum atomic E-state index is 12.5. The highest BCUT2D eigenvalue weighted by Gasteiger charge is 2.17. The zero-order chi connectivity index (χ0) is 14.0. The Bertz CT molecular complexity index is 638. The van der Waals surface area contributed by atoms with Crippen LogP contribution in [0.5, 0.6) is 5.75 Å². The highest BCUT2D eigenvalue weighted by Crippen LogP contribution is 2.27. The molecular weight excluding hydrogens is 262 g/mol. The van der Waals surface area contributed by atoms with Crippen molar-refractivity contribution in [2.24, 2.45) is 0 Å². The smallest absolute Gasteiger partial charge is 0.198 e. The number of anilines is 1. The zero-order valence-electron chi connectivity index (χ0n) is 10.7. The van der Waals surface area contributed by atoms with Gasteiger partial charge >= 0.3 is 0 Å². The van der Waals surface area contributed by atoms with Crippen molar-refractivity contribution in [3.63, 3.8) is 0 Å². The molecule has 0 unspecified atom stereocenters. The molecular formula is C15H14ClNO2. The number of para-hydroxylation sites is 1. The molecule has 0 aliphatic heterocycles. The lowest BCUT2D eigenvalue weighted by molar-refractivity contribution is 0.103. The lowest BCUT2D eigenvalue weighted by Crippen LogP contribution is -2.08. The molecule has 0 fully saturated rings. The third-order valence-corrected chi connectivity index (χ3v) is 3.21. The lowest BCUT2D eigenvalue weighted by Gasteiger charge is -2.11. The third-order valence-electron chi connectivity index (χ3n) is 2.97. The fourth-order valence-corrected chi connectivity index (χ4v) is 2.05. The second-order valence-corrected chi connectivity index (χ2v) is 4.65. The molecule has 0 aromatic heterocycles. The number of ketones is 1. The van der Waals surface area contributed by atoms with E-state index < -0.39 is 0 Å². The Morgan fingerprint density at radius 2 is 1.95 bits per heavy atom. The van der Waals surface area contributed by atoms with Crippen LogP contribution in [0.2, 0.25) is 5.02 Å². The van der Waals surface area contributed by atoms with Crippen molar-refractivity contribution in [1.29, 1.82) is 0 Å². The van der Waals surface area contributed by atoms with Crippen LogP contribution < -0.4 is 10.5 Å². The molecule has 0 bridgehead atoms. The lowest BCUT2D eigenvalue weighted by atomic mass is 9.99. The van der Waals surface area contributed by atoms with Gasteiger partial charge in [0.05, 0.1) is 12.7 Å². The van der Waals surface area contributed by atoms with E-state index in [2.05, 4.69) is 0 Å². The number of nitrogens with two attached hydrogens (primary N) is 1. The largest absolute Gasteiger partial charge is 0.496 e. The van der Waals surface area contributed by atoms with E-state index in [0.29, 0.717) is 27.6 Å². The summed E-state index contributed by atoms with van der Waals surface area (Å²) < 4.78 is 5.19. The molecule has 0 saturated heterocycles. The van der Waals surface area contributed by atoms with Crippen molar-refractivity contribution in [3.05, 3.63) is 58.1 Å². The van der Waals surface area contributed by atoms with Crippen molar-refractivity contribution in [2.45, 2.75) is 6.92 Å². The summed E-state index contributed by atoms with van der Waals surface area (Å²) >= 11 is 5.94. The molecule has 3 nitrogen and oxygen atoms in total. The molecule has 0 aliphatic rings. The van der Waals surface area contributed by atoms with Crippen molar-refractivity contribution >= 4 is 23.1 Å². The standard InChI is InChI=1S/C15H14ClNO2/c1-9-4-3-5-11(14(9)17)15(18)12-8-10(16)6-7-13(12)19-2/h3-8H,17H2,1-2H3. The quantitative estimate of drug-likeness (QED) is 0.689. The first-order valence-corrected chi connectivity index (χ1v) is 6.15. The van der Waals surface area contributed by atoms with E-state index >= 15 is 0 Å². The van der Waals surface area contributed by atoms with Gasteiger partial charge in [0, 0.05) is 16.3 Å². The second kappa shape index (κ2) is 5.33. The van der Waals surface area contributed by atoms with Gasteiger partial charge in [-0.25, -0.2) is 0 Å². The molecule has 0 radical (unpaired) electrons. The molecule has 0 saturated carbocycles. The van der Waals surface area contributed by atoms with Gasteiger partial charge in [0.15, 0.2) is 5.78 Å². The van der Waals surface area contributed by atoms with E-state index in [-0.39, 0.29) is 5.78 Å². The Morgan fingerprint density at radius 3 is 2.63 bits per heavy atom. The Kier molecular flexibility index (Phi) is 3.76. The number of rotatable bonds is 3. The minimum atomic E-state index is -0.194. The Labute approximate surface area is 117 Å². The number of benzene rings is 2. The summed E-state index contributed by atoms with van der Waals surface area (Å²) in [6.45, 7) is 1.86. The summed E-state index contributed by atoms with van der Waals surface area (Å²) in [5, 5.41) is 0.482. The summed E-state index contributed by atoms with van der Waals surface area (Å²) in [4.78, 5) is 12.5. The van der Waals surface area contributed by atoms with Gasteiger partial charge in [0.1, 0.15) is 5.75 Å². The highest BCUT2D eigenvalue weighted by molar-refractivity contribution is 6.31. The minimum Gasteiger partial charge on any atom is -0.496 e. The average molecular weight is 276 g/mol. The highest BCUT2D eigenvalue weighted by atomic mass is 35.5. The van der Waals surface area contributed by atoms with Crippen LogP contribution in [-0.2, 0) is 0 Å². The Hall–Kier alpha value is -2.00. The predicted octanol–water partition coefficient (Wildman–Crippen LogP) is 3.47. The van der Waals surface area contributed by atoms with E-state index in [1.807, 2.05) is 13.0 Å². The van der Waals surface area contributed by atoms with E-state index in [0.717, 1.165) is 5.56 Å². The summed E-state index contributed by atoms with van der Waals surface area (Å²) in [7, 11) is 1.51. The fourth-order valence-electron chi connectivity index (χ4n) is 1.88. The number of ether oxygens (including phenoxy) is 1.